The molecule has 1 aliphatic heterocycles. The van der Waals surface area contributed by atoms with E-state index in [0.717, 1.165) is 19.4 Å². The third kappa shape index (κ3) is 9.71. The van der Waals surface area contributed by atoms with Gasteiger partial charge in [0, 0.05) is 0 Å². The second-order valence-corrected chi connectivity index (χ2v) is 18.3. The van der Waals surface area contributed by atoms with Gasteiger partial charge in [0.15, 0.2) is 0 Å². The predicted octanol–water partition coefficient (Wildman–Crippen LogP) is 6.88. The van der Waals surface area contributed by atoms with Gasteiger partial charge < -0.3 is 0 Å². The van der Waals surface area contributed by atoms with Crippen LogP contribution < -0.4 is 4.74 Å². The zero-order chi connectivity index (χ0) is 33.0. The zero-order valence-electron chi connectivity index (χ0n) is 27.1. The van der Waals surface area contributed by atoms with Crippen molar-refractivity contribution in [2.24, 2.45) is 4.99 Å². The monoisotopic (exact) mass is 787 g/mol. The molecule has 0 unspecified atom stereocenters. The van der Waals surface area contributed by atoms with Crippen LogP contribution in [0.3, 0.4) is 0 Å². The molecule has 0 N–H and O–H groups in total. The summed E-state index contributed by atoms with van der Waals surface area (Å²) >= 11 is 1.87. The second-order valence-electron chi connectivity index (χ2n) is 12.3. The van der Waals surface area contributed by atoms with E-state index in [-0.39, 0.29) is 31.9 Å². The number of guanidine groups is 1. The maximum absolute atomic E-state index is 13.8. The van der Waals surface area contributed by atoms with Gasteiger partial charge in [0.05, 0.1) is 0 Å². The van der Waals surface area contributed by atoms with Crippen LogP contribution in [0.4, 0.5) is 14.4 Å². The summed E-state index contributed by atoms with van der Waals surface area (Å²) in [4.78, 5) is 52.0. The number of carbonyl (C=O) groups excluding carboxylic acids is 3. The van der Waals surface area contributed by atoms with Crippen molar-refractivity contribution >= 4 is 59.9 Å². The molecule has 2 aromatic carbocycles. The van der Waals surface area contributed by atoms with Crippen LogP contribution in [-0.4, -0.2) is 94.5 Å². The van der Waals surface area contributed by atoms with Gasteiger partial charge in [-0.3, -0.25) is 0 Å². The number of carbonyl (C=O) groups is 3. The van der Waals surface area contributed by atoms with Crippen LogP contribution in [0.1, 0.15) is 47.1 Å². The fraction of sp³-hybridized carbons (Fsp3) is 0.484. The first-order valence-corrected chi connectivity index (χ1v) is 19.0. The first kappa shape index (κ1) is 35.4. The molecule has 11 nitrogen and oxygen atoms in total. The molecule has 3 rings (SSSR count). The Morgan fingerprint density at radius 3 is 2.05 bits per heavy atom. The van der Waals surface area contributed by atoms with Gasteiger partial charge >= 0.3 is 277 Å². The molecule has 0 aliphatic carbocycles. The molecular formula is C31H43BrIN5O6. The van der Waals surface area contributed by atoms with E-state index in [1.54, 1.807) is 67.6 Å². The van der Waals surface area contributed by atoms with E-state index in [4.69, 9.17) is 14.2 Å². The van der Waals surface area contributed by atoms with Gasteiger partial charge in [-0.25, -0.2) is 0 Å². The van der Waals surface area contributed by atoms with Crippen LogP contribution in [0.5, 0.6) is 5.75 Å². The number of halogens is 2. The van der Waals surface area contributed by atoms with Crippen LogP contribution in [0.2, 0.25) is 0 Å². The Kier molecular flexibility index (Phi) is 11.6. The number of benzene rings is 2. The normalized spacial score (nSPS) is 14.8. The third-order valence-electron chi connectivity index (χ3n) is 6.15. The SMILES string of the molecule is COc1ccc(I(C)c2cc(CN(C(=O)OC(C)(C)C)C(=NC(=O)OC(C)(C)C)N3CN(C)C(=O)N(C)C3)ccc2Br)cc1. The molecule has 4 amide bonds. The summed E-state index contributed by atoms with van der Waals surface area (Å²) < 4.78 is 20.0. The van der Waals surface area contributed by atoms with Crippen molar-refractivity contribution in [3.63, 3.8) is 0 Å². The zero-order valence-corrected chi connectivity index (χ0v) is 30.8. The topological polar surface area (TPSA) is 104 Å². The maximum atomic E-state index is 13.8. The molecule has 1 heterocycles. The number of aliphatic imine (C=N–C) groups is 1. The van der Waals surface area contributed by atoms with Crippen LogP contribution in [0, 0.1) is 7.14 Å². The van der Waals surface area contributed by atoms with E-state index >= 15 is 0 Å². The number of hydrogen-bond donors (Lipinski definition) is 0. The Morgan fingerprint density at radius 1 is 0.955 bits per heavy atom. The molecule has 1 fully saturated rings. The predicted molar refractivity (Wildman–Crippen MR) is 182 cm³/mol. The van der Waals surface area contributed by atoms with Gasteiger partial charge in [-0.2, -0.15) is 0 Å². The number of alkyl halides is 1. The number of hydrogen-bond acceptors (Lipinski definition) is 6. The fourth-order valence-corrected chi connectivity index (χ4v) is 9.90. The summed E-state index contributed by atoms with van der Waals surface area (Å²) in [6, 6.07) is 13.9. The summed E-state index contributed by atoms with van der Waals surface area (Å²) in [6.07, 6.45) is -1.55. The molecule has 0 saturated carbocycles. The summed E-state index contributed by atoms with van der Waals surface area (Å²) in [7, 11) is 4.92. The quantitative estimate of drug-likeness (QED) is 0.141. The standard InChI is InChI=1S/C31H43BrIN5O6/c1-30(2,3)43-27(39)34-26(37-19-35(8)28(40)36(9)20-37)38(29(41)44-31(4,5)6)18-21-11-16-24(32)25(17-21)33(7)22-12-14-23(42-10)15-13-22/h11-17H,18-20H2,1-10H3. The average Bonchev–Trinajstić information content (AvgIpc) is 2.92. The van der Waals surface area contributed by atoms with Crippen molar-refractivity contribution in [1.29, 1.82) is 0 Å². The van der Waals surface area contributed by atoms with Gasteiger partial charge in [-0.1, -0.05) is 0 Å². The van der Waals surface area contributed by atoms with Crippen molar-refractivity contribution in [3.8, 4) is 5.75 Å². The summed E-state index contributed by atoms with van der Waals surface area (Å²) in [5, 5.41) is 0. The molecule has 0 radical (unpaired) electrons. The van der Waals surface area contributed by atoms with E-state index in [1.165, 1.54) is 18.3 Å². The minimum absolute atomic E-state index is 0.0196. The van der Waals surface area contributed by atoms with Crippen LogP contribution >= 0.6 is 35.7 Å². The van der Waals surface area contributed by atoms with Gasteiger partial charge in [0.1, 0.15) is 0 Å². The molecule has 1 saturated heterocycles. The molecule has 1 aliphatic rings. The van der Waals surface area contributed by atoms with Gasteiger partial charge in [0.2, 0.25) is 0 Å². The van der Waals surface area contributed by atoms with Crippen molar-refractivity contribution < 1.29 is 28.6 Å². The Hall–Kier alpha value is -3.07. The summed E-state index contributed by atoms with van der Waals surface area (Å²) in [5.41, 5.74) is -0.810. The molecule has 0 bridgehead atoms. The molecule has 0 atom stereocenters. The van der Waals surface area contributed by atoms with Gasteiger partial charge in [0.25, 0.3) is 0 Å². The number of ether oxygens (including phenoxy) is 3. The average molecular weight is 789 g/mol. The molecular weight excluding hydrogens is 745 g/mol. The Bertz CT molecular complexity index is 1380. The first-order chi connectivity index (χ1) is 20.4. The van der Waals surface area contributed by atoms with Crippen molar-refractivity contribution in [2.45, 2.75) is 59.3 Å². The third-order valence-corrected chi connectivity index (χ3v) is 12.8. The van der Waals surface area contributed by atoms with E-state index in [0.29, 0.717) is 0 Å². The van der Waals surface area contributed by atoms with Crippen molar-refractivity contribution in [1.82, 2.24) is 19.6 Å². The van der Waals surface area contributed by atoms with Crippen LogP contribution in [-0.2, 0) is 16.0 Å². The Morgan fingerprint density at radius 2 is 1.52 bits per heavy atom. The first-order valence-electron chi connectivity index (χ1n) is 13.9. The second kappa shape index (κ2) is 14.4. The number of urea groups is 1. The Balaban J connectivity index is 2.10. The van der Waals surface area contributed by atoms with Crippen molar-refractivity contribution in [2.75, 3.05) is 39.5 Å². The van der Waals surface area contributed by atoms with Crippen LogP contribution in [0.25, 0.3) is 0 Å². The summed E-state index contributed by atoms with van der Waals surface area (Å²) in [6.45, 7) is 10.8. The molecule has 44 heavy (non-hydrogen) atoms. The van der Waals surface area contributed by atoms with E-state index in [2.05, 4.69) is 44.1 Å². The minimum atomic E-state index is -1.86. The fourth-order valence-electron chi connectivity index (χ4n) is 4.21. The van der Waals surface area contributed by atoms with Crippen molar-refractivity contribution in [3.05, 3.63) is 59.6 Å². The molecule has 0 aromatic heterocycles. The number of amides is 4. The molecule has 242 valence electrons. The van der Waals surface area contributed by atoms with Crippen LogP contribution in [0.15, 0.2) is 51.9 Å². The van der Waals surface area contributed by atoms with E-state index in [1.807, 2.05) is 24.3 Å². The van der Waals surface area contributed by atoms with E-state index in [9.17, 15) is 14.4 Å². The number of methoxy groups -OCH3 is 1. The molecule has 2 aromatic rings. The summed E-state index contributed by atoms with van der Waals surface area (Å²) in [5.74, 6) is 0.817. The Labute approximate surface area is 276 Å². The molecule has 0 spiro atoms. The van der Waals surface area contributed by atoms with Gasteiger partial charge in [-0.05, 0) is 0 Å². The number of nitrogens with zero attached hydrogens (tertiary/aromatic N) is 5. The van der Waals surface area contributed by atoms with E-state index < -0.39 is 43.2 Å². The van der Waals surface area contributed by atoms with Gasteiger partial charge in [-0.15, -0.1) is 0 Å². The molecule has 13 heteroatoms. The number of rotatable bonds is 5.